The van der Waals surface area contributed by atoms with Crippen LogP contribution in [0.2, 0.25) is 0 Å². The van der Waals surface area contributed by atoms with Crippen LogP contribution in [0.25, 0.3) is 17.2 Å². The van der Waals surface area contributed by atoms with Crippen molar-refractivity contribution in [2.45, 2.75) is 24.9 Å². The Morgan fingerprint density at radius 3 is 3.00 bits per heavy atom. The van der Waals surface area contributed by atoms with E-state index in [-0.39, 0.29) is 12.4 Å². The van der Waals surface area contributed by atoms with Crippen LogP contribution in [-0.4, -0.2) is 48.5 Å². The van der Waals surface area contributed by atoms with Gasteiger partial charge in [0.2, 0.25) is 0 Å². The fourth-order valence-corrected chi connectivity index (χ4v) is 2.33. The zero-order chi connectivity index (χ0) is 14.3. The van der Waals surface area contributed by atoms with Crippen molar-refractivity contribution in [3.05, 3.63) is 18.7 Å². The molecule has 0 amide bonds. The maximum absolute atomic E-state index is 10.0. The van der Waals surface area contributed by atoms with Gasteiger partial charge in [0.25, 0.3) is 0 Å². The number of nitrogen functional groups attached to an aromatic ring is 1. The molecular formula is C12H15N5O3. The molecule has 3 rings (SSSR count). The standard InChI is InChI=1S/C12H15N5O3/c1-2-8-15-10(13)9-11(16-8)17(5-14-9)12-7(19)3-6(4-18)20-12/h2,5-7,12,18-19H,1,3-4H2,(H2,13,15,16)/t6-,7+,12+/m0/s1. The van der Waals surface area contributed by atoms with E-state index in [0.717, 1.165) is 0 Å². The summed E-state index contributed by atoms with van der Waals surface area (Å²) in [7, 11) is 0. The van der Waals surface area contributed by atoms with Gasteiger partial charge in [-0.1, -0.05) is 6.58 Å². The molecule has 4 N–H and O–H groups in total. The molecule has 2 aromatic rings. The molecule has 1 aliphatic heterocycles. The summed E-state index contributed by atoms with van der Waals surface area (Å²) in [6.45, 7) is 3.46. The number of rotatable bonds is 3. The van der Waals surface area contributed by atoms with Crippen LogP contribution in [0, 0.1) is 0 Å². The zero-order valence-electron chi connectivity index (χ0n) is 10.7. The molecule has 1 fully saturated rings. The third-order valence-electron chi connectivity index (χ3n) is 3.29. The van der Waals surface area contributed by atoms with Gasteiger partial charge in [0.1, 0.15) is 11.6 Å². The lowest BCUT2D eigenvalue weighted by Gasteiger charge is -2.16. The summed E-state index contributed by atoms with van der Waals surface area (Å²) in [5.41, 5.74) is 6.73. The normalized spacial score (nSPS) is 26.2. The van der Waals surface area contributed by atoms with Gasteiger partial charge in [0.15, 0.2) is 23.5 Å². The van der Waals surface area contributed by atoms with Gasteiger partial charge in [0.05, 0.1) is 19.0 Å². The molecule has 0 saturated carbocycles. The van der Waals surface area contributed by atoms with Crippen molar-refractivity contribution in [3.63, 3.8) is 0 Å². The van der Waals surface area contributed by atoms with E-state index in [0.29, 0.717) is 23.4 Å². The minimum atomic E-state index is -0.743. The van der Waals surface area contributed by atoms with Crippen LogP contribution in [0.1, 0.15) is 18.5 Å². The first-order valence-corrected chi connectivity index (χ1v) is 6.21. The number of nitrogens with zero attached hydrogens (tertiary/aromatic N) is 4. The second-order valence-electron chi connectivity index (χ2n) is 4.63. The number of hydrogen-bond acceptors (Lipinski definition) is 7. The SMILES string of the molecule is C=Cc1nc(N)c2ncn([C@@H]3O[C@H](CO)C[C@H]3O)c2n1. The van der Waals surface area contributed by atoms with E-state index in [1.54, 1.807) is 4.57 Å². The summed E-state index contributed by atoms with van der Waals surface area (Å²) < 4.78 is 7.18. The number of imidazole rings is 1. The largest absolute Gasteiger partial charge is 0.394 e. The van der Waals surface area contributed by atoms with Gasteiger partial charge < -0.3 is 20.7 Å². The predicted octanol–water partition coefficient (Wildman–Crippen LogP) is -0.308. The molecule has 3 heterocycles. The lowest BCUT2D eigenvalue weighted by molar-refractivity contribution is -0.0486. The van der Waals surface area contributed by atoms with Gasteiger partial charge in [-0.05, 0) is 6.08 Å². The first-order chi connectivity index (χ1) is 9.63. The predicted molar refractivity (Wildman–Crippen MR) is 71.4 cm³/mol. The van der Waals surface area contributed by atoms with E-state index in [9.17, 15) is 5.11 Å². The molecule has 2 aromatic heterocycles. The van der Waals surface area contributed by atoms with Gasteiger partial charge >= 0.3 is 0 Å². The van der Waals surface area contributed by atoms with Gasteiger partial charge in [-0.2, -0.15) is 0 Å². The molecule has 0 aliphatic carbocycles. The van der Waals surface area contributed by atoms with Crippen molar-refractivity contribution in [2.75, 3.05) is 12.3 Å². The summed E-state index contributed by atoms with van der Waals surface area (Å²) in [6.07, 6.45) is 1.55. The lowest BCUT2D eigenvalue weighted by Crippen LogP contribution is -2.19. The quantitative estimate of drug-likeness (QED) is 0.704. The first-order valence-electron chi connectivity index (χ1n) is 6.21. The van der Waals surface area contributed by atoms with E-state index in [2.05, 4.69) is 21.5 Å². The molecule has 106 valence electrons. The smallest absolute Gasteiger partial charge is 0.168 e. The Hall–Kier alpha value is -2.03. The summed E-state index contributed by atoms with van der Waals surface area (Å²) in [5, 5.41) is 19.2. The number of fused-ring (bicyclic) bond motifs is 1. The lowest BCUT2D eigenvalue weighted by atomic mass is 10.2. The molecule has 8 nitrogen and oxygen atoms in total. The Labute approximate surface area is 114 Å². The Kier molecular flexibility index (Phi) is 3.13. The molecule has 1 aliphatic rings. The van der Waals surface area contributed by atoms with Crippen molar-refractivity contribution >= 4 is 23.1 Å². The molecule has 8 heteroatoms. The van der Waals surface area contributed by atoms with Crippen LogP contribution in [0.5, 0.6) is 0 Å². The number of hydrogen-bond donors (Lipinski definition) is 3. The minimum Gasteiger partial charge on any atom is -0.394 e. The number of aromatic nitrogens is 4. The molecule has 1 saturated heterocycles. The molecule has 0 spiro atoms. The van der Waals surface area contributed by atoms with E-state index >= 15 is 0 Å². The molecule has 0 aromatic carbocycles. The second kappa shape index (κ2) is 4.82. The van der Waals surface area contributed by atoms with Crippen molar-refractivity contribution in [1.29, 1.82) is 0 Å². The van der Waals surface area contributed by atoms with Gasteiger partial charge in [-0.25, -0.2) is 15.0 Å². The van der Waals surface area contributed by atoms with E-state index < -0.39 is 18.4 Å². The van der Waals surface area contributed by atoms with Crippen molar-refractivity contribution in [2.24, 2.45) is 0 Å². The summed E-state index contributed by atoms with van der Waals surface area (Å²) in [5.74, 6) is 0.623. The maximum Gasteiger partial charge on any atom is 0.168 e. The Morgan fingerprint density at radius 1 is 1.55 bits per heavy atom. The number of aliphatic hydroxyl groups is 2. The van der Waals surface area contributed by atoms with Gasteiger partial charge in [-0.3, -0.25) is 4.57 Å². The number of ether oxygens (including phenoxy) is 1. The van der Waals surface area contributed by atoms with E-state index in [4.69, 9.17) is 15.6 Å². The Balaban J connectivity index is 2.08. The molecule has 3 atom stereocenters. The average Bonchev–Trinajstić information content (AvgIpc) is 3.01. The summed E-state index contributed by atoms with van der Waals surface area (Å²) in [6, 6.07) is 0. The topological polar surface area (TPSA) is 119 Å². The summed E-state index contributed by atoms with van der Waals surface area (Å²) >= 11 is 0. The number of anilines is 1. The van der Waals surface area contributed by atoms with Crippen molar-refractivity contribution in [3.8, 4) is 0 Å². The fraction of sp³-hybridized carbons (Fsp3) is 0.417. The molecule has 0 radical (unpaired) electrons. The van der Waals surface area contributed by atoms with Crippen LogP contribution in [0.15, 0.2) is 12.9 Å². The van der Waals surface area contributed by atoms with Crippen LogP contribution in [0.3, 0.4) is 0 Å². The molecule has 0 unspecified atom stereocenters. The van der Waals surface area contributed by atoms with Gasteiger partial charge in [-0.15, -0.1) is 0 Å². The first kappa shape index (κ1) is 13.0. The molecule has 0 bridgehead atoms. The van der Waals surface area contributed by atoms with E-state index in [1.807, 2.05) is 0 Å². The Bertz CT molecular complexity index is 656. The van der Waals surface area contributed by atoms with Crippen LogP contribution < -0.4 is 5.73 Å². The van der Waals surface area contributed by atoms with Crippen LogP contribution in [0.4, 0.5) is 5.82 Å². The highest BCUT2D eigenvalue weighted by Gasteiger charge is 2.36. The second-order valence-corrected chi connectivity index (χ2v) is 4.63. The molecular weight excluding hydrogens is 262 g/mol. The third kappa shape index (κ3) is 1.94. The van der Waals surface area contributed by atoms with Crippen LogP contribution in [-0.2, 0) is 4.74 Å². The average molecular weight is 277 g/mol. The monoisotopic (exact) mass is 277 g/mol. The number of aliphatic hydroxyl groups excluding tert-OH is 2. The zero-order valence-corrected chi connectivity index (χ0v) is 10.7. The molecule has 20 heavy (non-hydrogen) atoms. The van der Waals surface area contributed by atoms with Crippen molar-refractivity contribution in [1.82, 2.24) is 19.5 Å². The maximum atomic E-state index is 10.0. The minimum absolute atomic E-state index is 0.144. The summed E-state index contributed by atoms with van der Waals surface area (Å²) in [4.78, 5) is 12.5. The van der Waals surface area contributed by atoms with Crippen molar-refractivity contribution < 1.29 is 14.9 Å². The highest BCUT2D eigenvalue weighted by molar-refractivity contribution is 5.82. The van der Waals surface area contributed by atoms with Gasteiger partial charge in [0, 0.05) is 6.42 Å². The highest BCUT2D eigenvalue weighted by atomic mass is 16.5. The highest BCUT2D eigenvalue weighted by Crippen LogP contribution is 2.31. The third-order valence-corrected chi connectivity index (χ3v) is 3.29. The van der Waals surface area contributed by atoms with Crippen LogP contribution >= 0.6 is 0 Å². The fourth-order valence-electron chi connectivity index (χ4n) is 2.33. The Morgan fingerprint density at radius 2 is 2.35 bits per heavy atom. The van der Waals surface area contributed by atoms with E-state index in [1.165, 1.54) is 12.4 Å². The number of nitrogens with two attached hydrogens (primary N) is 1.